The highest BCUT2D eigenvalue weighted by atomic mass is 19.4. The Labute approximate surface area is 165 Å². The predicted molar refractivity (Wildman–Crippen MR) is 103 cm³/mol. The van der Waals surface area contributed by atoms with Gasteiger partial charge in [0.05, 0.1) is 0 Å². The maximum absolute atomic E-state index is 12.8. The Kier molecular flexibility index (Phi) is 5.81. The maximum atomic E-state index is 12.8. The van der Waals surface area contributed by atoms with E-state index < -0.39 is 17.4 Å². The molecule has 0 aliphatic carbocycles. The smallest absolute Gasteiger partial charge is 0.378 e. The fraction of sp³-hybridized carbons (Fsp3) is 0.421. The number of halogens is 3. The number of carbonyl (C=O) groups is 1. The number of H-pyrrole nitrogens is 1. The molecule has 1 amide bonds. The van der Waals surface area contributed by atoms with Gasteiger partial charge in [-0.15, -0.1) is 0 Å². The van der Waals surface area contributed by atoms with Crippen molar-refractivity contribution < 1.29 is 18.0 Å². The number of nitrogens with one attached hydrogen (secondary N) is 2. The summed E-state index contributed by atoms with van der Waals surface area (Å²) in [6.07, 6.45) is -3.63. The van der Waals surface area contributed by atoms with E-state index in [1.165, 1.54) is 0 Å². The third kappa shape index (κ3) is 5.07. The molecule has 0 atom stereocenters. The Balaban J connectivity index is 1.60. The largest absolute Gasteiger partial charge is 0.433 e. The van der Waals surface area contributed by atoms with Crippen LogP contribution >= 0.6 is 0 Å². The minimum absolute atomic E-state index is 0.0839. The van der Waals surface area contributed by atoms with E-state index in [0.29, 0.717) is 37.6 Å². The molecule has 29 heavy (non-hydrogen) atoms. The summed E-state index contributed by atoms with van der Waals surface area (Å²) in [5.41, 5.74) is -0.529. The quantitative estimate of drug-likeness (QED) is 0.811. The number of carbonyl (C=O) groups excluding carboxylic acids is 1. The number of hydrogen-bond donors (Lipinski definition) is 2. The number of likely N-dealkylation sites (tertiary alicyclic amines) is 1. The highest BCUT2D eigenvalue weighted by Crippen LogP contribution is 2.27. The molecular formula is C19H22F3N5O2. The van der Waals surface area contributed by atoms with Crippen LogP contribution in [0.25, 0.3) is 0 Å². The molecule has 0 spiro atoms. The van der Waals surface area contributed by atoms with Gasteiger partial charge in [-0.3, -0.25) is 14.6 Å². The highest BCUT2D eigenvalue weighted by Gasteiger charge is 2.34. The van der Waals surface area contributed by atoms with Crippen molar-refractivity contribution in [2.75, 3.05) is 37.4 Å². The van der Waals surface area contributed by atoms with E-state index in [9.17, 15) is 22.8 Å². The van der Waals surface area contributed by atoms with Gasteiger partial charge in [0.25, 0.3) is 11.5 Å². The number of hydrogen-bond acceptors (Lipinski definition) is 5. The molecule has 2 N–H and O–H groups in total. The molecule has 1 fully saturated rings. The van der Waals surface area contributed by atoms with Crippen molar-refractivity contribution in [3.05, 3.63) is 51.9 Å². The molecule has 1 aromatic carbocycles. The lowest BCUT2D eigenvalue weighted by Gasteiger charge is -2.32. The maximum Gasteiger partial charge on any atom is 0.433 e. The van der Waals surface area contributed by atoms with Crippen LogP contribution in [0.4, 0.5) is 24.8 Å². The Morgan fingerprint density at radius 2 is 1.83 bits per heavy atom. The highest BCUT2D eigenvalue weighted by molar-refractivity contribution is 5.94. The minimum atomic E-state index is -4.69. The fourth-order valence-electron chi connectivity index (χ4n) is 3.18. The first kappa shape index (κ1) is 20.7. The van der Waals surface area contributed by atoms with E-state index in [1.54, 1.807) is 17.0 Å². The van der Waals surface area contributed by atoms with Gasteiger partial charge in [-0.1, -0.05) is 0 Å². The molecule has 10 heteroatoms. The number of benzene rings is 1. The number of rotatable bonds is 4. The van der Waals surface area contributed by atoms with Gasteiger partial charge in [0.15, 0.2) is 5.69 Å². The molecule has 1 aliphatic heterocycles. The normalized spacial score (nSPS) is 15.3. The van der Waals surface area contributed by atoms with Crippen LogP contribution in [0.1, 0.15) is 28.9 Å². The second kappa shape index (κ2) is 8.14. The van der Waals surface area contributed by atoms with E-state index in [-0.39, 0.29) is 17.9 Å². The monoisotopic (exact) mass is 409 g/mol. The number of amides is 1. The van der Waals surface area contributed by atoms with Crippen LogP contribution in [0.3, 0.4) is 0 Å². The first-order chi connectivity index (χ1) is 13.6. The molecule has 0 unspecified atom stereocenters. The Hall–Kier alpha value is -3.04. The molecule has 1 saturated heterocycles. The SMILES string of the molecule is CN(C)c1ccc(C(=O)N2CCC(Nc3nc(C(F)(F)F)cc(=O)[nH]3)CC2)cc1. The summed E-state index contributed by atoms with van der Waals surface area (Å²) in [7, 11) is 3.84. The van der Waals surface area contributed by atoms with Gasteiger partial charge >= 0.3 is 6.18 Å². The third-order valence-electron chi connectivity index (χ3n) is 4.79. The van der Waals surface area contributed by atoms with Crippen molar-refractivity contribution in [3.8, 4) is 0 Å². The lowest BCUT2D eigenvalue weighted by Crippen LogP contribution is -2.42. The summed E-state index contributed by atoms with van der Waals surface area (Å²) in [6, 6.07) is 7.53. The van der Waals surface area contributed by atoms with Crippen LogP contribution in [0.2, 0.25) is 0 Å². The number of aromatic nitrogens is 2. The number of anilines is 2. The van der Waals surface area contributed by atoms with Crippen LogP contribution in [0.15, 0.2) is 35.1 Å². The number of nitrogens with zero attached hydrogens (tertiary/aromatic N) is 3. The number of aromatic amines is 1. The van der Waals surface area contributed by atoms with Gasteiger partial charge in [0, 0.05) is 50.5 Å². The number of piperidine rings is 1. The summed E-state index contributed by atoms with van der Waals surface area (Å²) < 4.78 is 38.4. The first-order valence-corrected chi connectivity index (χ1v) is 9.15. The molecule has 0 saturated carbocycles. The summed E-state index contributed by atoms with van der Waals surface area (Å²) >= 11 is 0. The van der Waals surface area contributed by atoms with Crippen LogP contribution in [-0.2, 0) is 6.18 Å². The van der Waals surface area contributed by atoms with E-state index >= 15 is 0 Å². The minimum Gasteiger partial charge on any atom is -0.378 e. The zero-order chi connectivity index (χ0) is 21.2. The van der Waals surface area contributed by atoms with Crippen LogP contribution in [-0.4, -0.2) is 54.0 Å². The standard InChI is InChI=1S/C19H22F3N5O2/c1-26(2)14-5-3-12(4-6-14)17(29)27-9-7-13(8-10-27)23-18-24-15(19(20,21)22)11-16(28)25-18/h3-6,11,13H,7-10H2,1-2H3,(H2,23,24,25,28). The molecule has 0 radical (unpaired) electrons. The van der Waals surface area contributed by atoms with Crippen molar-refractivity contribution >= 4 is 17.5 Å². The van der Waals surface area contributed by atoms with E-state index in [0.717, 1.165) is 5.69 Å². The van der Waals surface area contributed by atoms with Gasteiger partial charge in [-0.05, 0) is 37.1 Å². The van der Waals surface area contributed by atoms with Crippen LogP contribution in [0.5, 0.6) is 0 Å². The summed E-state index contributed by atoms with van der Waals surface area (Å²) in [5.74, 6) is -0.298. The second-order valence-electron chi connectivity index (χ2n) is 7.13. The second-order valence-corrected chi connectivity index (χ2v) is 7.13. The Morgan fingerprint density at radius 1 is 1.21 bits per heavy atom. The topological polar surface area (TPSA) is 81.3 Å². The van der Waals surface area contributed by atoms with Gasteiger partial charge in [-0.25, -0.2) is 4.98 Å². The first-order valence-electron chi connectivity index (χ1n) is 9.15. The van der Waals surface area contributed by atoms with Gasteiger partial charge in [0.2, 0.25) is 5.95 Å². The van der Waals surface area contributed by atoms with Crippen molar-refractivity contribution in [1.82, 2.24) is 14.9 Å². The lowest BCUT2D eigenvalue weighted by molar-refractivity contribution is -0.141. The van der Waals surface area contributed by atoms with E-state index in [2.05, 4.69) is 15.3 Å². The zero-order valence-electron chi connectivity index (χ0n) is 16.1. The van der Waals surface area contributed by atoms with E-state index in [4.69, 9.17) is 0 Å². The molecule has 1 aromatic heterocycles. The zero-order valence-corrected chi connectivity index (χ0v) is 16.1. The van der Waals surface area contributed by atoms with E-state index in [1.807, 2.05) is 31.1 Å². The van der Waals surface area contributed by atoms with Gasteiger partial charge in [0.1, 0.15) is 0 Å². The molecule has 156 valence electrons. The molecule has 3 rings (SSSR count). The summed E-state index contributed by atoms with van der Waals surface area (Å²) in [5, 5.41) is 2.84. The van der Waals surface area contributed by atoms with Gasteiger partial charge < -0.3 is 15.1 Å². The third-order valence-corrected chi connectivity index (χ3v) is 4.79. The molecule has 1 aliphatic rings. The molecule has 0 bridgehead atoms. The fourth-order valence-corrected chi connectivity index (χ4v) is 3.18. The molecular weight excluding hydrogens is 387 g/mol. The Morgan fingerprint density at radius 3 is 2.38 bits per heavy atom. The van der Waals surface area contributed by atoms with Crippen molar-refractivity contribution in [3.63, 3.8) is 0 Å². The van der Waals surface area contributed by atoms with Crippen molar-refractivity contribution in [2.24, 2.45) is 0 Å². The summed E-state index contributed by atoms with van der Waals surface area (Å²) in [4.78, 5) is 33.5. The number of alkyl halides is 3. The average Bonchev–Trinajstić information content (AvgIpc) is 2.67. The van der Waals surface area contributed by atoms with Crippen molar-refractivity contribution in [2.45, 2.75) is 25.1 Å². The molecule has 7 nitrogen and oxygen atoms in total. The predicted octanol–water partition coefficient (Wildman–Crippen LogP) is 2.57. The van der Waals surface area contributed by atoms with Crippen LogP contribution in [0, 0.1) is 0 Å². The summed E-state index contributed by atoms with van der Waals surface area (Å²) in [6.45, 7) is 0.907. The van der Waals surface area contributed by atoms with Gasteiger partial charge in [-0.2, -0.15) is 13.2 Å². The molecule has 2 aromatic rings. The lowest BCUT2D eigenvalue weighted by atomic mass is 10.0. The average molecular weight is 409 g/mol. The van der Waals surface area contributed by atoms with Crippen LogP contribution < -0.4 is 15.8 Å². The Bertz CT molecular complexity index is 917. The molecule has 2 heterocycles. The van der Waals surface area contributed by atoms with Crippen molar-refractivity contribution in [1.29, 1.82) is 0 Å².